The van der Waals surface area contributed by atoms with Crippen LogP contribution in [0.3, 0.4) is 0 Å². The number of amides is 2. The van der Waals surface area contributed by atoms with Crippen molar-refractivity contribution in [2.75, 3.05) is 16.2 Å². The predicted molar refractivity (Wildman–Crippen MR) is 126 cm³/mol. The number of nitrogens with zero attached hydrogens (tertiary/aromatic N) is 2. The third kappa shape index (κ3) is 4.84. The number of nitrogens with one attached hydrogen (secondary N) is 2. The Morgan fingerprint density at radius 3 is 2.52 bits per heavy atom. The summed E-state index contributed by atoms with van der Waals surface area (Å²) in [5.41, 5.74) is 1.61. The monoisotopic (exact) mass is 484 g/mol. The normalized spacial score (nSPS) is 15.5. The van der Waals surface area contributed by atoms with Gasteiger partial charge in [0.15, 0.2) is 0 Å². The van der Waals surface area contributed by atoms with E-state index in [2.05, 4.69) is 15.6 Å². The highest BCUT2D eigenvalue weighted by atomic mass is 35.5. The molecule has 33 heavy (non-hydrogen) atoms. The molecule has 1 atom stereocenters. The van der Waals surface area contributed by atoms with E-state index in [0.29, 0.717) is 18.7 Å². The Labute approximate surface area is 196 Å². The first kappa shape index (κ1) is 22.8. The molecule has 2 amide bonds. The van der Waals surface area contributed by atoms with Crippen LogP contribution in [-0.2, 0) is 26.0 Å². The summed E-state index contributed by atoms with van der Waals surface area (Å²) in [6.45, 7) is 0.338. The molecule has 0 fully saturated rings. The van der Waals surface area contributed by atoms with Gasteiger partial charge in [-0.3, -0.25) is 18.9 Å². The second-order valence-electron chi connectivity index (χ2n) is 7.41. The zero-order chi connectivity index (χ0) is 23.4. The number of hydrogen-bond donors (Lipinski definition) is 2. The lowest BCUT2D eigenvalue weighted by Gasteiger charge is -2.36. The van der Waals surface area contributed by atoms with Crippen molar-refractivity contribution in [2.24, 2.45) is 0 Å². The van der Waals surface area contributed by atoms with Crippen LogP contribution in [0.4, 0.5) is 11.4 Å². The molecule has 1 unspecified atom stereocenters. The van der Waals surface area contributed by atoms with Crippen LogP contribution in [0.25, 0.3) is 0 Å². The molecule has 0 spiro atoms. The summed E-state index contributed by atoms with van der Waals surface area (Å²) in [6.07, 6.45) is 3.56. The number of pyridine rings is 1. The van der Waals surface area contributed by atoms with Gasteiger partial charge in [0, 0.05) is 18.9 Å². The minimum atomic E-state index is -4.24. The Morgan fingerprint density at radius 1 is 1.06 bits per heavy atom. The molecule has 3 aromatic rings. The first-order valence-electron chi connectivity index (χ1n) is 10.2. The molecule has 1 aliphatic rings. The summed E-state index contributed by atoms with van der Waals surface area (Å²) >= 11 is 6.18. The fourth-order valence-corrected chi connectivity index (χ4v) is 5.77. The van der Waals surface area contributed by atoms with E-state index < -0.39 is 27.9 Å². The van der Waals surface area contributed by atoms with Crippen LogP contribution in [0.2, 0.25) is 5.02 Å². The smallest absolute Gasteiger partial charge is 0.266 e. The number of para-hydroxylation sites is 2. The van der Waals surface area contributed by atoms with Crippen molar-refractivity contribution in [1.82, 2.24) is 10.3 Å². The Hall–Kier alpha value is -3.43. The van der Waals surface area contributed by atoms with Crippen molar-refractivity contribution in [3.05, 3.63) is 83.6 Å². The van der Waals surface area contributed by atoms with Gasteiger partial charge in [0.2, 0.25) is 11.8 Å². The molecule has 0 saturated carbocycles. The van der Waals surface area contributed by atoms with Crippen LogP contribution in [-0.4, -0.2) is 37.8 Å². The lowest BCUT2D eigenvalue weighted by molar-refractivity contribution is -0.125. The SMILES string of the molecule is O=C(CC1C(=O)Nc2ccccc2N1S(=O)(=O)c1ccccc1Cl)NCCc1ccncc1. The minimum Gasteiger partial charge on any atom is -0.356 e. The lowest BCUT2D eigenvalue weighted by Crippen LogP contribution is -2.52. The van der Waals surface area contributed by atoms with E-state index in [1.54, 1.807) is 48.8 Å². The third-order valence-electron chi connectivity index (χ3n) is 5.22. The van der Waals surface area contributed by atoms with Gasteiger partial charge in [-0.1, -0.05) is 35.9 Å². The fourth-order valence-electron chi connectivity index (χ4n) is 3.64. The summed E-state index contributed by atoms with van der Waals surface area (Å²) in [6, 6.07) is 15.0. The average Bonchev–Trinajstić information content (AvgIpc) is 2.80. The van der Waals surface area contributed by atoms with Crippen molar-refractivity contribution in [3.8, 4) is 0 Å². The third-order valence-corrected chi connectivity index (χ3v) is 7.55. The van der Waals surface area contributed by atoms with E-state index in [-0.39, 0.29) is 22.0 Å². The maximum atomic E-state index is 13.6. The van der Waals surface area contributed by atoms with E-state index in [1.165, 1.54) is 12.1 Å². The van der Waals surface area contributed by atoms with Crippen LogP contribution in [0.5, 0.6) is 0 Å². The molecule has 10 heteroatoms. The van der Waals surface area contributed by atoms with Gasteiger partial charge in [-0.2, -0.15) is 0 Å². The van der Waals surface area contributed by atoms with Gasteiger partial charge in [0.25, 0.3) is 10.0 Å². The molecule has 2 aromatic carbocycles. The van der Waals surface area contributed by atoms with Gasteiger partial charge < -0.3 is 10.6 Å². The van der Waals surface area contributed by atoms with Gasteiger partial charge in [-0.15, -0.1) is 0 Å². The molecule has 4 rings (SSSR count). The van der Waals surface area contributed by atoms with E-state index in [9.17, 15) is 18.0 Å². The number of fused-ring (bicyclic) bond motifs is 1. The van der Waals surface area contributed by atoms with Crippen molar-refractivity contribution in [3.63, 3.8) is 0 Å². The van der Waals surface area contributed by atoms with Crippen molar-refractivity contribution in [1.29, 1.82) is 0 Å². The number of hydrogen-bond acceptors (Lipinski definition) is 5. The molecule has 2 N–H and O–H groups in total. The highest BCUT2D eigenvalue weighted by Crippen LogP contribution is 2.38. The number of halogens is 1. The molecule has 1 aliphatic heterocycles. The van der Waals surface area contributed by atoms with Crippen LogP contribution >= 0.6 is 11.6 Å². The van der Waals surface area contributed by atoms with E-state index >= 15 is 0 Å². The van der Waals surface area contributed by atoms with Crippen LogP contribution in [0.1, 0.15) is 12.0 Å². The summed E-state index contributed by atoms with van der Waals surface area (Å²) < 4.78 is 28.3. The summed E-state index contributed by atoms with van der Waals surface area (Å²) in [5.74, 6) is -1.03. The molecular weight excluding hydrogens is 464 g/mol. The fraction of sp³-hybridized carbons (Fsp3) is 0.174. The number of rotatable bonds is 7. The van der Waals surface area contributed by atoms with Gasteiger partial charge in [-0.05, 0) is 48.4 Å². The zero-order valence-corrected chi connectivity index (χ0v) is 19.0. The van der Waals surface area contributed by atoms with E-state index in [4.69, 9.17) is 11.6 Å². The molecule has 170 valence electrons. The summed E-state index contributed by atoms with van der Waals surface area (Å²) in [5, 5.41) is 5.49. The van der Waals surface area contributed by atoms with E-state index in [0.717, 1.165) is 9.87 Å². The number of benzene rings is 2. The topological polar surface area (TPSA) is 108 Å². The van der Waals surface area contributed by atoms with Gasteiger partial charge >= 0.3 is 0 Å². The second-order valence-corrected chi connectivity index (χ2v) is 9.60. The van der Waals surface area contributed by atoms with Crippen LogP contribution in [0, 0.1) is 0 Å². The molecule has 0 aliphatic carbocycles. The number of carbonyl (C=O) groups is 2. The summed E-state index contributed by atoms with van der Waals surface area (Å²) in [4.78, 5) is 29.4. The predicted octanol–water partition coefficient (Wildman–Crippen LogP) is 3.00. The Bertz CT molecular complexity index is 1280. The molecule has 0 saturated heterocycles. The highest BCUT2D eigenvalue weighted by Gasteiger charge is 2.42. The van der Waals surface area contributed by atoms with Gasteiger partial charge in [0.05, 0.1) is 22.8 Å². The number of aromatic nitrogens is 1. The quantitative estimate of drug-likeness (QED) is 0.536. The highest BCUT2D eigenvalue weighted by molar-refractivity contribution is 7.93. The zero-order valence-electron chi connectivity index (χ0n) is 17.4. The van der Waals surface area contributed by atoms with Crippen molar-refractivity contribution < 1.29 is 18.0 Å². The molecule has 0 radical (unpaired) electrons. The number of carbonyl (C=O) groups excluding carboxylic acids is 2. The van der Waals surface area contributed by atoms with Crippen LogP contribution < -0.4 is 14.9 Å². The molecule has 8 nitrogen and oxygen atoms in total. The summed E-state index contributed by atoms with van der Waals surface area (Å²) in [7, 11) is -4.24. The Morgan fingerprint density at radius 2 is 1.76 bits per heavy atom. The standard InChI is InChI=1S/C23H21ClN4O4S/c24-17-5-1-4-8-21(17)33(31,32)28-19-7-3-2-6-18(19)27-23(30)20(28)15-22(29)26-14-11-16-9-12-25-13-10-16/h1-10,12-13,20H,11,14-15H2,(H,26,29)(H,27,30). The van der Waals surface area contributed by atoms with E-state index in [1.807, 2.05) is 12.1 Å². The molecule has 1 aromatic heterocycles. The van der Waals surface area contributed by atoms with Gasteiger partial charge in [-0.25, -0.2) is 8.42 Å². The maximum Gasteiger partial charge on any atom is 0.266 e. The largest absolute Gasteiger partial charge is 0.356 e. The minimum absolute atomic E-state index is 0.0292. The molecular formula is C23H21ClN4O4S. The number of sulfonamides is 1. The molecule has 0 bridgehead atoms. The maximum absolute atomic E-state index is 13.6. The number of anilines is 2. The van der Waals surface area contributed by atoms with Crippen molar-refractivity contribution in [2.45, 2.75) is 23.8 Å². The first-order valence-corrected chi connectivity index (χ1v) is 12.0. The first-order chi connectivity index (χ1) is 15.9. The van der Waals surface area contributed by atoms with Crippen molar-refractivity contribution >= 4 is 44.8 Å². The van der Waals surface area contributed by atoms with Crippen LogP contribution in [0.15, 0.2) is 78.0 Å². The Balaban J connectivity index is 1.61. The second kappa shape index (κ2) is 9.60. The lowest BCUT2D eigenvalue weighted by atomic mass is 10.1. The Kier molecular flexibility index (Phi) is 6.62. The molecule has 2 heterocycles. The van der Waals surface area contributed by atoms with Gasteiger partial charge in [0.1, 0.15) is 10.9 Å². The average molecular weight is 485 g/mol.